The predicted molar refractivity (Wildman–Crippen MR) is 197 cm³/mol. The van der Waals surface area contributed by atoms with Crippen molar-refractivity contribution in [3.05, 3.63) is 101 Å². The highest BCUT2D eigenvalue weighted by molar-refractivity contribution is 5.98. The maximum Gasteiger partial charge on any atom is 0.410 e. The lowest BCUT2D eigenvalue weighted by Crippen LogP contribution is -2.41. The molecule has 0 aliphatic carbocycles. The molecule has 1 aliphatic rings. The highest BCUT2D eigenvalue weighted by atomic mass is 16.6. The van der Waals surface area contributed by atoms with Crippen LogP contribution in [0.25, 0.3) is 38.8 Å². The molecule has 1 atom stereocenters. The lowest BCUT2D eigenvalue weighted by Gasteiger charge is -2.29. The van der Waals surface area contributed by atoms with Crippen LogP contribution in [0, 0.1) is 11.3 Å². The Morgan fingerprint density at radius 2 is 1.69 bits per heavy atom. The number of benzene rings is 3. The first-order chi connectivity index (χ1) is 24.5. The summed E-state index contributed by atoms with van der Waals surface area (Å²) in [5.41, 5.74) is 3.82. The smallest absolute Gasteiger partial charge is 0.410 e. The van der Waals surface area contributed by atoms with Gasteiger partial charge < -0.3 is 28.2 Å². The number of amides is 1. The van der Waals surface area contributed by atoms with E-state index in [1.165, 1.54) is 4.57 Å². The van der Waals surface area contributed by atoms with Crippen molar-refractivity contribution in [2.75, 3.05) is 20.8 Å². The highest BCUT2D eigenvalue weighted by Crippen LogP contribution is 2.37. The second kappa shape index (κ2) is 13.1. The molecule has 1 fully saturated rings. The molecule has 4 heterocycles. The van der Waals surface area contributed by atoms with E-state index >= 15 is 0 Å². The summed E-state index contributed by atoms with van der Waals surface area (Å²) < 4.78 is 24.2. The minimum absolute atomic E-state index is 0.0775. The third-order valence-corrected chi connectivity index (χ3v) is 9.64. The molecule has 262 valence electrons. The van der Waals surface area contributed by atoms with Gasteiger partial charge in [-0.05, 0) is 57.9 Å². The van der Waals surface area contributed by atoms with Crippen molar-refractivity contribution < 1.29 is 19.0 Å². The number of likely N-dealkylation sites (tertiary alicyclic amines) is 1. The molecule has 0 N–H and O–H groups in total. The van der Waals surface area contributed by atoms with Crippen LogP contribution in [0.2, 0.25) is 0 Å². The van der Waals surface area contributed by atoms with E-state index in [0.717, 1.165) is 45.8 Å². The lowest BCUT2D eigenvalue weighted by atomic mass is 10.1. The van der Waals surface area contributed by atoms with Crippen molar-refractivity contribution in [1.29, 1.82) is 5.26 Å². The maximum atomic E-state index is 14.8. The zero-order valence-electron chi connectivity index (χ0n) is 29.8. The first-order valence-electron chi connectivity index (χ1n) is 17.1. The maximum absolute atomic E-state index is 14.8. The number of carbonyl (C=O) groups is 1. The molecular weight excluding hydrogens is 644 g/mol. The second-order valence-electron chi connectivity index (χ2n) is 14.0. The summed E-state index contributed by atoms with van der Waals surface area (Å²) in [5, 5.41) is 12.7. The summed E-state index contributed by atoms with van der Waals surface area (Å²) in [6.45, 7) is 6.89. The van der Waals surface area contributed by atoms with E-state index in [-0.39, 0.29) is 30.1 Å². The Kier molecular flexibility index (Phi) is 8.63. The molecule has 51 heavy (non-hydrogen) atoms. The van der Waals surface area contributed by atoms with Crippen LogP contribution in [0.15, 0.2) is 83.9 Å². The van der Waals surface area contributed by atoms with Gasteiger partial charge in [0.15, 0.2) is 0 Å². The average molecular weight is 687 g/mol. The Morgan fingerprint density at radius 3 is 2.39 bits per heavy atom. The monoisotopic (exact) mass is 686 g/mol. The van der Waals surface area contributed by atoms with Crippen LogP contribution in [0.1, 0.15) is 44.9 Å². The number of fused-ring (bicyclic) bond motifs is 2. The van der Waals surface area contributed by atoms with Gasteiger partial charge in [-0.25, -0.2) is 9.59 Å². The molecule has 6 aromatic rings. The number of rotatable bonds is 8. The molecule has 1 amide bonds. The number of nitriles is 1. The number of aryl methyl sites for hydroxylation is 1. The minimum Gasteiger partial charge on any atom is -0.497 e. The van der Waals surface area contributed by atoms with E-state index in [1.807, 2.05) is 110 Å². The Bertz CT molecular complexity index is 2380. The second-order valence-corrected chi connectivity index (χ2v) is 14.0. The van der Waals surface area contributed by atoms with Crippen LogP contribution in [0.3, 0.4) is 0 Å². The number of hydrogen-bond donors (Lipinski definition) is 0. The Morgan fingerprint density at radius 1 is 0.961 bits per heavy atom. The van der Waals surface area contributed by atoms with Gasteiger partial charge in [-0.2, -0.15) is 5.26 Å². The van der Waals surface area contributed by atoms with E-state index in [0.29, 0.717) is 36.0 Å². The molecule has 1 aliphatic heterocycles. The molecule has 7 rings (SSSR count). The van der Waals surface area contributed by atoms with Gasteiger partial charge in [0.1, 0.15) is 28.9 Å². The largest absolute Gasteiger partial charge is 0.497 e. The Hall–Kier alpha value is -5.89. The van der Waals surface area contributed by atoms with E-state index in [2.05, 4.69) is 10.6 Å². The molecule has 3 aromatic heterocycles. The zero-order chi connectivity index (χ0) is 36.0. The van der Waals surface area contributed by atoms with Gasteiger partial charge in [0.25, 0.3) is 0 Å². The van der Waals surface area contributed by atoms with E-state index in [4.69, 9.17) is 14.2 Å². The van der Waals surface area contributed by atoms with Crippen LogP contribution in [-0.2, 0) is 24.9 Å². The molecule has 0 saturated carbocycles. The molecule has 1 unspecified atom stereocenters. The summed E-state index contributed by atoms with van der Waals surface area (Å²) >= 11 is 0. The van der Waals surface area contributed by atoms with Crippen LogP contribution in [-0.4, -0.2) is 61.7 Å². The summed E-state index contributed by atoms with van der Waals surface area (Å²) in [5.74, 6) is 1.17. The third kappa shape index (κ3) is 6.01. The number of hydrogen-bond acceptors (Lipinski definition) is 6. The lowest BCUT2D eigenvalue weighted by molar-refractivity contribution is 0.0215. The third-order valence-electron chi connectivity index (χ3n) is 9.64. The number of para-hydroxylation sites is 2. The molecule has 11 nitrogen and oxygen atoms in total. The summed E-state index contributed by atoms with van der Waals surface area (Å²) in [6, 6.07) is 23.7. The van der Waals surface area contributed by atoms with Gasteiger partial charge in [-0.3, -0.25) is 9.13 Å². The standard InChI is InChI=1S/C40H42N6O5/c1-40(2,3)51-39(48)44-19-11-12-27(44)23-43-24-31(29-13-7-10-16-33(29)43)37-34(21-41)45(22-26-17-18-28(49-5)20-36(26)50-6)38(47)46(37)35-25-42(4)32-15-9-8-14-30(32)35/h7-10,13-18,20,24-25,27H,11-12,19,22-23H2,1-6H3. The quantitative estimate of drug-likeness (QED) is 0.169. The number of imidazole rings is 1. The number of carbonyl (C=O) groups excluding carboxylic acids is 1. The van der Waals surface area contributed by atoms with Gasteiger partial charge in [0.2, 0.25) is 0 Å². The SMILES string of the molecule is COc1ccc(Cn2c(C#N)c(-c3cn(CC4CCCN4C(=O)OC(C)(C)C)c4ccccc34)n(-c3cn(C)c4ccccc34)c2=O)c(OC)c1. The number of ether oxygens (including phenoxy) is 3. The molecule has 1 saturated heterocycles. The molecule has 0 radical (unpaired) electrons. The zero-order valence-corrected chi connectivity index (χ0v) is 29.8. The summed E-state index contributed by atoms with van der Waals surface area (Å²) in [4.78, 5) is 29.9. The van der Waals surface area contributed by atoms with Crippen molar-refractivity contribution in [1.82, 2.24) is 23.2 Å². The first-order valence-corrected chi connectivity index (χ1v) is 17.1. The fourth-order valence-electron chi connectivity index (χ4n) is 7.33. The Balaban J connectivity index is 1.43. The Labute approximate surface area is 296 Å². The summed E-state index contributed by atoms with van der Waals surface area (Å²) in [6.07, 6.45) is 5.36. The van der Waals surface area contributed by atoms with Crippen LogP contribution in [0.5, 0.6) is 11.5 Å². The van der Waals surface area contributed by atoms with Crippen molar-refractivity contribution >= 4 is 27.9 Å². The molecular formula is C40H42N6O5. The van der Waals surface area contributed by atoms with Gasteiger partial charge in [0.05, 0.1) is 38.2 Å². The topological polar surface area (TPSA) is 109 Å². The molecule has 11 heteroatoms. The van der Waals surface area contributed by atoms with Crippen molar-refractivity contribution in [3.8, 4) is 34.5 Å². The van der Waals surface area contributed by atoms with Crippen LogP contribution >= 0.6 is 0 Å². The first kappa shape index (κ1) is 33.6. The van der Waals surface area contributed by atoms with Crippen LogP contribution in [0.4, 0.5) is 4.79 Å². The number of aromatic nitrogens is 4. The molecule has 0 spiro atoms. The van der Waals surface area contributed by atoms with Gasteiger partial charge in [0, 0.05) is 71.5 Å². The van der Waals surface area contributed by atoms with E-state index < -0.39 is 5.60 Å². The van der Waals surface area contributed by atoms with Crippen molar-refractivity contribution in [2.24, 2.45) is 7.05 Å². The van der Waals surface area contributed by atoms with Crippen LogP contribution < -0.4 is 15.2 Å². The fourth-order valence-corrected chi connectivity index (χ4v) is 7.33. The van der Waals surface area contributed by atoms with E-state index in [9.17, 15) is 14.9 Å². The average Bonchev–Trinajstić information content (AvgIpc) is 3.88. The molecule has 0 bridgehead atoms. The summed E-state index contributed by atoms with van der Waals surface area (Å²) in [7, 11) is 5.11. The predicted octanol–water partition coefficient (Wildman–Crippen LogP) is 7.09. The highest BCUT2D eigenvalue weighted by Gasteiger charge is 2.34. The van der Waals surface area contributed by atoms with Gasteiger partial charge in [-0.15, -0.1) is 0 Å². The van der Waals surface area contributed by atoms with Crippen molar-refractivity contribution in [2.45, 2.75) is 58.3 Å². The van der Waals surface area contributed by atoms with Crippen molar-refractivity contribution in [3.63, 3.8) is 0 Å². The van der Waals surface area contributed by atoms with E-state index in [1.54, 1.807) is 24.9 Å². The minimum atomic E-state index is -0.598. The molecule has 3 aromatic carbocycles. The van der Waals surface area contributed by atoms with Gasteiger partial charge in [-0.1, -0.05) is 36.4 Å². The van der Waals surface area contributed by atoms with Gasteiger partial charge >= 0.3 is 11.8 Å². The normalized spacial score (nSPS) is 14.7. The number of methoxy groups -OCH3 is 2. The number of nitrogens with zero attached hydrogens (tertiary/aromatic N) is 6. The fraction of sp³-hybridized carbons (Fsp3) is 0.325.